The lowest BCUT2D eigenvalue weighted by atomic mass is 9.94. The van der Waals surface area contributed by atoms with Crippen LogP contribution >= 0.6 is 0 Å². The molecule has 320 valence electrons. The number of aliphatic hydroxyl groups is 11. The lowest BCUT2D eigenvalue weighted by Gasteiger charge is -2.51. The number of hydrogen-bond donors (Lipinski definition) is 12. The first kappa shape index (κ1) is 46.1. The van der Waals surface area contributed by atoms with Crippen LogP contribution in [0.2, 0.25) is 0 Å². The Balaban J connectivity index is 1.69. The Kier molecular flexibility index (Phi) is 18.0. The molecule has 0 spiro atoms. The zero-order valence-corrected chi connectivity index (χ0v) is 30.8. The maximum Gasteiger partial charge on any atom is 0.217 e. The lowest BCUT2D eigenvalue weighted by Crippen LogP contribution is -2.70. The monoisotopic (exact) mass is 801 g/mol. The molecule has 0 aromatic heterocycles. The third-order valence-corrected chi connectivity index (χ3v) is 10.1. The number of hydrogen-bond acceptors (Lipinski definition) is 20. The van der Waals surface area contributed by atoms with Gasteiger partial charge >= 0.3 is 0 Å². The van der Waals surface area contributed by atoms with Crippen LogP contribution in [0.25, 0.3) is 0 Å². The smallest absolute Gasteiger partial charge is 0.217 e. The van der Waals surface area contributed by atoms with Crippen molar-refractivity contribution in [3.8, 4) is 0 Å². The maximum absolute atomic E-state index is 12.5. The second kappa shape index (κ2) is 21.5. The molecule has 55 heavy (non-hydrogen) atoms. The van der Waals surface area contributed by atoms with Gasteiger partial charge in [-0.3, -0.25) is 4.79 Å². The molecule has 0 aliphatic carbocycles. The van der Waals surface area contributed by atoms with E-state index in [9.17, 15) is 61.0 Å². The van der Waals surface area contributed by atoms with E-state index >= 15 is 0 Å². The highest BCUT2D eigenvalue weighted by atomic mass is 16.8. The van der Waals surface area contributed by atoms with E-state index in [0.29, 0.717) is 6.42 Å². The molecule has 1 amide bonds. The number of unbranched alkanes of at least 4 members (excludes halogenated alkanes) is 4. The van der Waals surface area contributed by atoms with Gasteiger partial charge in [0.25, 0.3) is 0 Å². The largest absolute Gasteiger partial charge is 0.394 e. The first-order chi connectivity index (χ1) is 26.2. The number of rotatable bonds is 18. The predicted octanol–water partition coefficient (Wildman–Crippen LogP) is -5.42. The molecular weight excluding hydrogens is 742 g/mol. The summed E-state index contributed by atoms with van der Waals surface area (Å²) in [6, 6.07) is -1.29. The molecule has 0 saturated carbocycles. The molecule has 4 rings (SSSR count). The summed E-state index contributed by atoms with van der Waals surface area (Å²) in [5.41, 5.74) is 0. The Morgan fingerprint density at radius 1 is 0.600 bits per heavy atom. The average molecular weight is 802 g/mol. The van der Waals surface area contributed by atoms with Crippen molar-refractivity contribution in [3.63, 3.8) is 0 Å². The van der Waals surface area contributed by atoms with Crippen molar-refractivity contribution in [1.29, 1.82) is 0 Å². The lowest BCUT2D eigenvalue weighted by molar-refractivity contribution is -0.401. The molecule has 0 unspecified atom stereocenters. The van der Waals surface area contributed by atoms with Crippen molar-refractivity contribution in [2.45, 2.75) is 169 Å². The fourth-order valence-electron chi connectivity index (χ4n) is 6.93. The van der Waals surface area contributed by atoms with Crippen LogP contribution in [-0.2, 0) is 42.7 Å². The Morgan fingerprint density at radius 2 is 1.09 bits per heavy atom. The fraction of sp³-hybridized carbons (Fsp3) is 0.912. The number of carbonyl (C=O) groups excluding carboxylic acids is 1. The molecule has 12 N–H and O–H groups in total. The highest BCUT2D eigenvalue weighted by molar-refractivity contribution is 5.73. The Morgan fingerprint density at radius 3 is 1.69 bits per heavy atom. The SMILES string of the molecule is C=CCCCCCCO[C@@H]1O[C@H](CO)[C@H](O)[C@H](O[C@@H]2O[C@H](CO)[C@H](O)[C@H](O[C@H]3O[C@H](CO)[C@H](O)[C@H](O)[C@H]3O)[C@H]2O[C@@H]2O[C@@H](C)[C@@H](O)[C@@H](O)[C@@H]2O)[C@H]1NC(C)=O. The van der Waals surface area contributed by atoms with Crippen molar-refractivity contribution < 1.29 is 98.9 Å². The van der Waals surface area contributed by atoms with Crippen LogP contribution in [0.3, 0.4) is 0 Å². The third kappa shape index (κ3) is 11.1. The van der Waals surface area contributed by atoms with Gasteiger partial charge in [0.05, 0.1) is 25.9 Å². The van der Waals surface area contributed by atoms with Crippen LogP contribution < -0.4 is 5.32 Å². The standard InChI is InChI=1S/C34H59NO20/c1-4-5-6-7-8-9-10-48-31-19(35-15(3)39)28(22(42)17(12-37)50-31)53-34-30(55-32-26(46)24(44)20(40)14(2)49-32)29(23(43)18(13-38)52-34)54-33-27(47)25(45)21(41)16(11-36)51-33/h4,14,16-34,36-38,40-47H,1,5-13H2,2-3H3,(H,35,39)/t14-,16+,17+,18+,19+,20+,21-,22-,23-,24+,25-,26-,27+,28+,29-,30+,31+,32-,33+,34-/m0/s1. The van der Waals surface area contributed by atoms with Crippen LogP contribution in [-0.4, -0.2) is 211 Å². The number of allylic oxidation sites excluding steroid dienone is 1. The van der Waals surface area contributed by atoms with E-state index in [4.69, 9.17) is 37.9 Å². The quantitative estimate of drug-likeness (QED) is 0.0455. The van der Waals surface area contributed by atoms with Crippen molar-refractivity contribution in [1.82, 2.24) is 5.32 Å². The zero-order valence-electron chi connectivity index (χ0n) is 30.8. The average Bonchev–Trinajstić information content (AvgIpc) is 3.16. The second-order valence-electron chi connectivity index (χ2n) is 14.2. The van der Waals surface area contributed by atoms with Crippen LogP contribution in [0.1, 0.15) is 46.0 Å². The van der Waals surface area contributed by atoms with Crippen molar-refractivity contribution in [2.24, 2.45) is 0 Å². The molecule has 21 nitrogen and oxygen atoms in total. The summed E-state index contributed by atoms with van der Waals surface area (Å²) in [6.45, 7) is 3.95. The topological polar surface area (TPSA) is 325 Å². The summed E-state index contributed by atoms with van der Waals surface area (Å²) in [5.74, 6) is -0.597. The Bertz CT molecular complexity index is 1170. The molecule has 4 saturated heterocycles. The minimum atomic E-state index is -1.99. The molecule has 4 aliphatic rings. The van der Waals surface area contributed by atoms with Crippen molar-refractivity contribution in [3.05, 3.63) is 12.7 Å². The summed E-state index contributed by atoms with van der Waals surface area (Å²) in [6.07, 6.45) is -26.2. The number of carbonyl (C=O) groups is 1. The van der Waals surface area contributed by atoms with Gasteiger partial charge in [-0.05, 0) is 26.2 Å². The minimum absolute atomic E-state index is 0.151. The van der Waals surface area contributed by atoms with Gasteiger partial charge in [-0.15, -0.1) is 6.58 Å². The van der Waals surface area contributed by atoms with E-state index in [2.05, 4.69) is 11.9 Å². The first-order valence-electron chi connectivity index (χ1n) is 18.5. The molecular formula is C34H59NO20. The third-order valence-electron chi connectivity index (χ3n) is 10.1. The van der Waals surface area contributed by atoms with Crippen LogP contribution in [0.5, 0.6) is 0 Å². The summed E-state index contributed by atoms with van der Waals surface area (Å²) < 4.78 is 47.1. The van der Waals surface area contributed by atoms with E-state index in [1.807, 2.05) is 6.08 Å². The van der Waals surface area contributed by atoms with Gasteiger partial charge in [0.2, 0.25) is 5.91 Å². The van der Waals surface area contributed by atoms with Gasteiger partial charge in [0.15, 0.2) is 25.2 Å². The fourth-order valence-corrected chi connectivity index (χ4v) is 6.93. The minimum Gasteiger partial charge on any atom is -0.394 e. The van der Waals surface area contributed by atoms with Crippen LogP contribution in [0, 0.1) is 0 Å². The molecule has 21 heteroatoms. The Labute approximate surface area is 317 Å². The molecule has 0 aromatic rings. The van der Waals surface area contributed by atoms with Gasteiger partial charge in [-0.25, -0.2) is 0 Å². The van der Waals surface area contributed by atoms with Gasteiger partial charge in [0, 0.05) is 13.5 Å². The second-order valence-corrected chi connectivity index (χ2v) is 14.2. The van der Waals surface area contributed by atoms with Gasteiger partial charge in [-0.1, -0.05) is 18.9 Å². The number of amides is 1. The number of nitrogens with one attached hydrogen (secondary N) is 1. The van der Waals surface area contributed by atoms with E-state index < -0.39 is 148 Å². The summed E-state index contributed by atoms with van der Waals surface area (Å²) in [7, 11) is 0. The van der Waals surface area contributed by atoms with Gasteiger partial charge in [-0.2, -0.15) is 0 Å². The van der Waals surface area contributed by atoms with E-state index in [1.165, 1.54) is 13.8 Å². The van der Waals surface area contributed by atoms with E-state index in [1.54, 1.807) is 0 Å². The van der Waals surface area contributed by atoms with Gasteiger partial charge < -0.3 is 99.4 Å². The summed E-state index contributed by atoms with van der Waals surface area (Å²) >= 11 is 0. The highest BCUT2D eigenvalue weighted by Gasteiger charge is 2.56. The molecule has 4 heterocycles. The molecule has 4 fully saturated rings. The normalized spacial score (nSPS) is 45.3. The van der Waals surface area contributed by atoms with Crippen molar-refractivity contribution >= 4 is 5.91 Å². The Hall–Kier alpha value is -1.55. The predicted molar refractivity (Wildman–Crippen MR) is 181 cm³/mol. The van der Waals surface area contributed by atoms with Crippen LogP contribution in [0.15, 0.2) is 12.7 Å². The molecule has 0 aromatic carbocycles. The number of aliphatic hydroxyl groups excluding tert-OH is 11. The maximum atomic E-state index is 12.5. The zero-order chi connectivity index (χ0) is 40.6. The molecule has 4 aliphatic heterocycles. The highest BCUT2D eigenvalue weighted by Crippen LogP contribution is 2.36. The van der Waals surface area contributed by atoms with E-state index in [0.717, 1.165) is 25.7 Å². The van der Waals surface area contributed by atoms with Crippen LogP contribution in [0.4, 0.5) is 0 Å². The first-order valence-corrected chi connectivity index (χ1v) is 18.5. The number of ether oxygens (including phenoxy) is 8. The molecule has 0 bridgehead atoms. The van der Waals surface area contributed by atoms with E-state index in [-0.39, 0.29) is 6.61 Å². The molecule has 0 radical (unpaired) electrons. The van der Waals surface area contributed by atoms with Crippen molar-refractivity contribution in [2.75, 3.05) is 26.4 Å². The summed E-state index contributed by atoms with van der Waals surface area (Å²) in [4.78, 5) is 12.5. The molecule has 20 atom stereocenters. The van der Waals surface area contributed by atoms with Gasteiger partial charge in [0.1, 0.15) is 91.5 Å². The summed E-state index contributed by atoms with van der Waals surface area (Å²) in [5, 5.41) is 119.